The highest BCUT2D eigenvalue weighted by atomic mass is 16.6. The minimum atomic E-state index is -1.01. The van der Waals surface area contributed by atoms with E-state index in [0.717, 1.165) is 50.3 Å². The first-order valence-electron chi connectivity index (χ1n) is 18.4. The van der Waals surface area contributed by atoms with Crippen molar-refractivity contribution in [2.24, 2.45) is 46.2 Å². The van der Waals surface area contributed by atoms with E-state index in [0.29, 0.717) is 35.5 Å². The lowest BCUT2D eigenvalue weighted by Crippen LogP contribution is -2.55. The summed E-state index contributed by atoms with van der Waals surface area (Å²) in [6.45, 7) is -0.00347. The van der Waals surface area contributed by atoms with Gasteiger partial charge in [0.15, 0.2) is 4.98 Å². The minimum Gasteiger partial charge on any atom is -0.504 e. The number of hydrogen-bond donors (Lipinski definition) is 3. The molecular formula is C37H49N6O7+. The molecule has 8 fully saturated rings. The minimum absolute atomic E-state index is 0.0184. The Kier molecular flexibility index (Phi) is 9.63. The number of aliphatic hydroxyl groups is 1. The van der Waals surface area contributed by atoms with Gasteiger partial charge >= 0.3 is 24.5 Å². The maximum Gasteiger partial charge on any atom is 0.437 e. The molecule has 0 heterocycles. The molecule has 1 atom stereocenters. The predicted molar refractivity (Wildman–Crippen MR) is 182 cm³/mol. The first-order valence-corrected chi connectivity index (χ1v) is 18.4. The fourth-order valence-corrected chi connectivity index (χ4v) is 11.0. The van der Waals surface area contributed by atoms with Gasteiger partial charge in [0, 0.05) is 6.54 Å². The quantitative estimate of drug-likeness (QED) is 0.0756. The van der Waals surface area contributed by atoms with Gasteiger partial charge in [-0.15, -0.1) is 4.99 Å². The number of aliphatic imine (C=N–C) groups is 1. The molecule has 0 radical (unpaired) electrons. The average molecular weight is 690 g/mol. The molecule has 1 aromatic carbocycles. The Morgan fingerprint density at radius 2 is 1.44 bits per heavy atom. The van der Waals surface area contributed by atoms with E-state index in [1.54, 1.807) is 0 Å². The summed E-state index contributed by atoms with van der Waals surface area (Å²) in [6, 6.07) is 8.13. The molecule has 13 nitrogen and oxygen atoms in total. The topological polar surface area (TPSA) is 181 Å². The number of carbonyl (C=O) groups excluding carboxylic acids is 3. The molecule has 8 aliphatic carbocycles. The van der Waals surface area contributed by atoms with Crippen molar-refractivity contribution in [1.82, 2.24) is 10.2 Å². The molecule has 0 unspecified atom stereocenters. The number of hydrogen-bond acceptors (Lipinski definition) is 8. The van der Waals surface area contributed by atoms with Crippen LogP contribution in [-0.2, 0) is 20.8 Å². The lowest BCUT2D eigenvalue weighted by molar-refractivity contribution is -0.131. The van der Waals surface area contributed by atoms with E-state index in [2.05, 4.69) is 15.3 Å². The SMILES string of the molecule is N#[N+]/C=C(\O)[C@H](CCCN(C(=O)OC12CC3CC(CC(C3)C1)C2)/C(N)=N/C(=O)OC12CC3CC(CC(C3)C1)C2)NC(=O)OCc1ccccc1. The molecule has 268 valence electrons. The van der Waals surface area contributed by atoms with E-state index in [4.69, 9.17) is 25.3 Å². The fourth-order valence-electron chi connectivity index (χ4n) is 11.0. The first kappa shape index (κ1) is 34.1. The Morgan fingerprint density at radius 1 is 0.920 bits per heavy atom. The second kappa shape index (κ2) is 14.1. The van der Waals surface area contributed by atoms with Gasteiger partial charge in [-0.25, -0.2) is 19.3 Å². The van der Waals surface area contributed by atoms with Gasteiger partial charge in [-0.2, -0.15) is 0 Å². The fraction of sp³-hybridized carbons (Fsp3) is 0.676. The molecule has 3 amide bonds. The van der Waals surface area contributed by atoms with Crippen LogP contribution >= 0.6 is 0 Å². The molecular weight excluding hydrogens is 640 g/mol. The monoisotopic (exact) mass is 689 g/mol. The highest BCUT2D eigenvalue weighted by Gasteiger charge is 2.55. The molecule has 8 saturated carbocycles. The number of nitrogens with two attached hydrogens (primary N) is 1. The normalized spacial score (nSPS) is 34.1. The van der Waals surface area contributed by atoms with Gasteiger partial charge in [-0.3, -0.25) is 0 Å². The molecule has 0 spiro atoms. The number of benzene rings is 1. The lowest BCUT2D eigenvalue weighted by Gasteiger charge is -2.55. The largest absolute Gasteiger partial charge is 0.504 e. The number of nitrogens with one attached hydrogen (secondary N) is 1. The number of ether oxygens (including phenoxy) is 3. The van der Waals surface area contributed by atoms with Crippen molar-refractivity contribution in [2.45, 2.75) is 114 Å². The van der Waals surface area contributed by atoms with Gasteiger partial charge in [-0.1, -0.05) is 30.3 Å². The van der Waals surface area contributed by atoms with Crippen molar-refractivity contribution in [2.75, 3.05) is 6.54 Å². The Labute approximate surface area is 292 Å². The van der Waals surface area contributed by atoms with E-state index >= 15 is 0 Å². The number of aliphatic hydroxyl groups excluding tert-OH is 1. The lowest BCUT2D eigenvalue weighted by atomic mass is 9.54. The predicted octanol–water partition coefficient (Wildman–Crippen LogP) is 7.14. The second-order valence-corrected chi connectivity index (χ2v) is 16.1. The number of rotatable bonds is 10. The second-order valence-electron chi connectivity index (χ2n) is 16.1. The molecule has 1 aromatic rings. The van der Waals surface area contributed by atoms with Gasteiger partial charge in [-0.05, 0) is 131 Å². The zero-order valence-corrected chi connectivity index (χ0v) is 28.6. The van der Waals surface area contributed by atoms with Gasteiger partial charge in [0.05, 0.1) is 6.04 Å². The summed E-state index contributed by atoms with van der Waals surface area (Å²) >= 11 is 0. The highest BCUT2D eigenvalue weighted by Crippen LogP contribution is 2.58. The van der Waals surface area contributed by atoms with Crippen LogP contribution in [0.3, 0.4) is 0 Å². The smallest absolute Gasteiger partial charge is 0.437 e. The van der Waals surface area contributed by atoms with Crippen LogP contribution in [0.1, 0.15) is 95.5 Å². The number of diazo groups is 1. The number of guanidine groups is 1. The molecule has 0 saturated heterocycles. The van der Waals surface area contributed by atoms with Gasteiger partial charge < -0.3 is 30.4 Å². The van der Waals surface area contributed by atoms with Crippen LogP contribution in [0, 0.1) is 40.9 Å². The van der Waals surface area contributed by atoms with Crippen molar-refractivity contribution < 1.29 is 33.7 Å². The number of amides is 3. The molecule has 8 aliphatic rings. The van der Waals surface area contributed by atoms with Crippen LogP contribution < -0.4 is 11.1 Å². The van der Waals surface area contributed by atoms with Crippen LogP contribution in [0.5, 0.6) is 0 Å². The third-order valence-corrected chi connectivity index (χ3v) is 12.2. The summed E-state index contributed by atoms with van der Waals surface area (Å²) in [5, 5.41) is 22.2. The summed E-state index contributed by atoms with van der Waals surface area (Å²) < 4.78 is 17.7. The standard InChI is InChI=1S/C37H48N6O7/c38-32(42-34(46)49-36-15-24-9-25(16-36)11-26(10-24)17-36)43(35(47)50-37-18-27-12-28(19-37)14-29(13-27)20-37)8-4-7-30(31(44)21-40-39)41-33(45)48-22-23-5-2-1-3-6-23/h1-3,5-6,21,24-30H,4,7-20,22H2,(H3-,38,41,42,44,45,46)/p+1/b31-21-/t24?,25?,26?,27?,28?,29?,30-,36?,37?/m0/s1. The van der Waals surface area contributed by atoms with Crippen molar-refractivity contribution in [3.05, 3.63) is 52.8 Å². The molecule has 4 N–H and O–H groups in total. The number of carbonyl (C=O) groups is 3. The Hall–Kier alpha value is -4.34. The summed E-state index contributed by atoms with van der Waals surface area (Å²) in [5.74, 6) is 2.63. The van der Waals surface area contributed by atoms with E-state index in [9.17, 15) is 19.5 Å². The van der Waals surface area contributed by atoms with Gasteiger partial charge in [0.1, 0.15) is 17.8 Å². The van der Waals surface area contributed by atoms with Gasteiger partial charge in [0.25, 0.3) is 0 Å². The number of nitrogens with zero attached hydrogens (tertiary/aromatic N) is 4. The highest BCUT2D eigenvalue weighted by molar-refractivity contribution is 5.98. The average Bonchev–Trinajstić information content (AvgIpc) is 3.03. The third-order valence-electron chi connectivity index (χ3n) is 12.2. The van der Waals surface area contributed by atoms with E-state index in [1.807, 2.05) is 30.3 Å². The van der Waals surface area contributed by atoms with Gasteiger partial charge in [0.2, 0.25) is 17.1 Å². The molecule has 9 rings (SSSR count). The molecule has 8 bridgehead atoms. The Balaban J connectivity index is 1.03. The molecule has 0 aromatic heterocycles. The summed E-state index contributed by atoms with van der Waals surface area (Å²) in [5.41, 5.74) is 6.14. The molecule has 0 aliphatic heterocycles. The maximum atomic E-state index is 14.0. The molecule has 13 heteroatoms. The van der Waals surface area contributed by atoms with Crippen molar-refractivity contribution in [3.63, 3.8) is 0 Å². The maximum absolute atomic E-state index is 14.0. The zero-order valence-electron chi connectivity index (χ0n) is 28.6. The van der Waals surface area contributed by atoms with Crippen LogP contribution in [-0.4, -0.2) is 58.0 Å². The summed E-state index contributed by atoms with van der Waals surface area (Å²) in [4.78, 5) is 48.1. The van der Waals surface area contributed by atoms with Crippen molar-refractivity contribution >= 4 is 24.2 Å². The van der Waals surface area contributed by atoms with Crippen molar-refractivity contribution in [3.8, 4) is 0 Å². The van der Waals surface area contributed by atoms with E-state index in [-0.39, 0.29) is 32.0 Å². The van der Waals surface area contributed by atoms with E-state index in [1.165, 1.54) is 43.4 Å². The zero-order chi connectivity index (χ0) is 34.9. The first-order chi connectivity index (χ1) is 24.1. The van der Waals surface area contributed by atoms with Crippen LogP contribution in [0.25, 0.3) is 4.98 Å². The summed E-state index contributed by atoms with van der Waals surface area (Å²) in [6.07, 6.45) is 11.0. The summed E-state index contributed by atoms with van der Waals surface area (Å²) in [7, 11) is 0. The third kappa shape index (κ3) is 7.69. The van der Waals surface area contributed by atoms with Crippen LogP contribution in [0.15, 0.2) is 47.3 Å². The van der Waals surface area contributed by atoms with Crippen LogP contribution in [0.4, 0.5) is 14.4 Å². The number of alkyl carbamates (subject to hydrolysis) is 1. The van der Waals surface area contributed by atoms with Crippen molar-refractivity contribution in [1.29, 1.82) is 5.39 Å². The molecule has 50 heavy (non-hydrogen) atoms. The van der Waals surface area contributed by atoms with E-state index < -0.39 is 41.3 Å². The Morgan fingerprint density at radius 3 is 1.96 bits per heavy atom. The Bertz CT molecular complexity index is 1480. The van der Waals surface area contributed by atoms with Crippen LogP contribution in [0.2, 0.25) is 0 Å².